The Bertz CT molecular complexity index is 744. The molecule has 10 heteroatoms. The molecule has 1 fully saturated rings. The van der Waals surface area contributed by atoms with Crippen LogP contribution in [0.1, 0.15) is 24.2 Å². The van der Waals surface area contributed by atoms with Gasteiger partial charge in [0.2, 0.25) is 5.67 Å². The van der Waals surface area contributed by atoms with Crippen LogP contribution in [0.2, 0.25) is 5.02 Å². The fraction of sp³-hybridized carbons (Fsp3) is 0.400. The number of anilines is 1. The molecule has 0 spiro atoms. The zero-order valence-electron chi connectivity index (χ0n) is 13.2. The van der Waals surface area contributed by atoms with Crippen molar-refractivity contribution in [3.63, 3.8) is 0 Å². The van der Waals surface area contributed by atoms with E-state index in [2.05, 4.69) is 0 Å². The minimum Gasteiger partial charge on any atom is -0.459 e. The second-order valence-corrected chi connectivity index (χ2v) is 6.04. The molecule has 1 N–H and O–H groups in total. The normalized spacial score (nSPS) is 20.7. The van der Waals surface area contributed by atoms with Crippen LogP contribution in [0.4, 0.5) is 23.7 Å². The number of esters is 1. The molecule has 1 heterocycles. The highest BCUT2D eigenvalue weighted by molar-refractivity contribution is 6.34. The van der Waals surface area contributed by atoms with Gasteiger partial charge in [0.05, 0.1) is 28.9 Å². The number of rotatable bonds is 4. The number of hydrogen-bond acceptors (Lipinski definition) is 4. The minimum absolute atomic E-state index is 0.0981. The van der Waals surface area contributed by atoms with E-state index in [-0.39, 0.29) is 15.5 Å². The summed E-state index contributed by atoms with van der Waals surface area (Å²) in [6, 6.07) is 0.304. The van der Waals surface area contributed by atoms with E-state index < -0.39 is 54.4 Å². The smallest absolute Gasteiger partial charge is 0.339 e. The largest absolute Gasteiger partial charge is 0.459 e. The van der Waals surface area contributed by atoms with Crippen LogP contribution in [0, 0.1) is 5.82 Å². The zero-order chi connectivity index (χ0) is 18.9. The summed E-state index contributed by atoms with van der Waals surface area (Å²) in [4.78, 5) is 36.1. The maximum atomic E-state index is 14.2. The summed E-state index contributed by atoms with van der Waals surface area (Å²) < 4.78 is 46.3. The second-order valence-electron chi connectivity index (χ2n) is 5.64. The van der Waals surface area contributed by atoms with Crippen LogP contribution < -0.4 is 10.2 Å². The lowest BCUT2D eigenvalue weighted by Gasteiger charge is -2.34. The molecule has 1 aliphatic rings. The molecule has 2 rings (SSSR count). The molecule has 136 valence electrons. The molecular weight excluding hydrogens is 365 g/mol. The Morgan fingerprint density at radius 1 is 1.44 bits per heavy atom. The van der Waals surface area contributed by atoms with Gasteiger partial charge in [0.15, 0.2) is 0 Å². The topological polar surface area (TPSA) is 75.7 Å². The Kier molecular flexibility index (Phi) is 5.26. The third kappa shape index (κ3) is 3.55. The summed E-state index contributed by atoms with van der Waals surface area (Å²) in [6.45, 7) is 0.544. The number of hydrogen-bond donors (Lipinski definition) is 1. The zero-order valence-corrected chi connectivity index (χ0v) is 14.0. The molecule has 1 aromatic carbocycles. The Balaban J connectivity index is 2.52. The van der Waals surface area contributed by atoms with Gasteiger partial charge in [0, 0.05) is 0 Å². The third-order valence-electron chi connectivity index (χ3n) is 3.36. The second kappa shape index (κ2) is 6.91. The van der Waals surface area contributed by atoms with Crippen LogP contribution in [-0.2, 0) is 9.53 Å². The molecule has 1 aliphatic heterocycles. The van der Waals surface area contributed by atoms with Gasteiger partial charge < -0.3 is 10.1 Å². The van der Waals surface area contributed by atoms with Gasteiger partial charge in [-0.1, -0.05) is 11.6 Å². The summed E-state index contributed by atoms with van der Waals surface area (Å²) in [7, 11) is 0. The number of carbonyl (C=O) groups excluding carboxylic acids is 3. The number of carbonyl (C=O) groups is 3. The summed E-state index contributed by atoms with van der Waals surface area (Å²) >= 11 is 5.80. The molecule has 0 aromatic heterocycles. The first-order valence-electron chi connectivity index (χ1n) is 7.18. The number of ether oxygens (including phenoxy) is 1. The van der Waals surface area contributed by atoms with E-state index in [1.165, 1.54) is 0 Å². The highest BCUT2D eigenvalue weighted by atomic mass is 35.5. The molecule has 1 unspecified atom stereocenters. The number of nitrogens with zero attached hydrogens (tertiary/aromatic N) is 1. The molecule has 3 amide bonds. The Morgan fingerprint density at radius 3 is 2.64 bits per heavy atom. The van der Waals surface area contributed by atoms with Crippen molar-refractivity contribution in [3.05, 3.63) is 28.5 Å². The van der Waals surface area contributed by atoms with Crippen LogP contribution in [0.25, 0.3) is 0 Å². The van der Waals surface area contributed by atoms with Crippen LogP contribution >= 0.6 is 11.6 Å². The van der Waals surface area contributed by atoms with Crippen molar-refractivity contribution in [2.45, 2.75) is 25.6 Å². The quantitative estimate of drug-likeness (QED) is 0.817. The van der Waals surface area contributed by atoms with E-state index in [0.29, 0.717) is 6.07 Å². The molecular formula is C15H14ClF3N2O4. The number of alkyl halides is 2. The maximum absolute atomic E-state index is 14.2. The van der Waals surface area contributed by atoms with Crippen molar-refractivity contribution in [3.8, 4) is 0 Å². The van der Waals surface area contributed by atoms with Gasteiger partial charge in [-0.05, 0) is 26.0 Å². The average Bonchev–Trinajstić information content (AvgIpc) is 2.52. The maximum Gasteiger partial charge on any atom is 0.339 e. The predicted molar refractivity (Wildman–Crippen MR) is 82.7 cm³/mol. The van der Waals surface area contributed by atoms with E-state index in [1.807, 2.05) is 5.32 Å². The molecule has 0 radical (unpaired) electrons. The van der Waals surface area contributed by atoms with Gasteiger partial charge in [0.25, 0.3) is 5.91 Å². The number of amides is 3. The molecule has 6 nitrogen and oxygen atoms in total. The lowest BCUT2D eigenvalue weighted by molar-refractivity contribution is -0.131. The Labute approximate surface area is 145 Å². The van der Waals surface area contributed by atoms with Gasteiger partial charge in [-0.15, -0.1) is 0 Å². The van der Waals surface area contributed by atoms with Crippen molar-refractivity contribution in [1.82, 2.24) is 5.32 Å². The highest BCUT2D eigenvalue weighted by Gasteiger charge is 2.49. The number of halogens is 4. The first-order chi connectivity index (χ1) is 11.6. The van der Waals surface area contributed by atoms with Crippen molar-refractivity contribution in [2.24, 2.45) is 0 Å². The molecule has 1 aromatic rings. The Hall–Kier alpha value is -2.29. The molecule has 0 saturated carbocycles. The van der Waals surface area contributed by atoms with Crippen molar-refractivity contribution >= 4 is 35.2 Å². The highest BCUT2D eigenvalue weighted by Crippen LogP contribution is 2.31. The van der Waals surface area contributed by atoms with Crippen LogP contribution in [0.3, 0.4) is 0 Å². The average molecular weight is 379 g/mol. The van der Waals surface area contributed by atoms with Gasteiger partial charge in [-0.2, -0.15) is 0 Å². The third-order valence-corrected chi connectivity index (χ3v) is 3.67. The van der Waals surface area contributed by atoms with Gasteiger partial charge in [-0.25, -0.2) is 27.7 Å². The fourth-order valence-electron chi connectivity index (χ4n) is 2.13. The number of imide groups is 1. The molecule has 1 atom stereocenters. The summed E-state index contributed by atoms with van der Waals surface area (Å²) in [5, 5.41) is 1.64. The number of benzene rings is 1. The Morgan fingerprint density at radius 2 is 2.08 bits per heavy atom. The standard InChI is InChI=1S/C15H14ClF3N2O4/c1-7(2)25-12(22)8-3-11(10(18)4-9(8)16)21-13(23)15(19,5-17)6-20-14(21)24/h3-4,7H,5-6H2,1-2H3,(H,20,24). The van der Waals surface area contributed by atoms with E-state index >= 15 is 0 Å². The van der Waals surface area contributed by atoms with Crippen LogP contribution in [0.15, 0.2) is 12.1 Å². The van der Waals surface area contributed by atoms with Crippen molar-refractivity contribution < 1.29 is 32.3 Å². The number of nitrogens with one attached hydrogen (secondary N) is 1. The molecule has 1 saturated heterocycles. The molecule has 25 heavy (non-hydrogen) atoms. The van der Waals surface area contributed by atoms with Crippen molar-refractivity contribution in [1.29, 1.82) is 0 Å². The first kappa shape index (κ1) is 19.0. The first-order valence-corrected chi connectivity index (χ1v) is 7.56. The summed E-state index contributed by atoms with van der Waals surface area (Å²) in [5.41, 5.74) is -4.10. The van der Waals surface area contributed by atoms with Crippen molar-refractivity contribution in [2.75, 3.05) is 18.1 Å². The van der Waals surface area contributed by atoms with Crippen LogP contribution in [0.5, 0.6) is 0 Å². The predicted octanol–water partition coefficient (Wildman–Crippen LogP) is 2.78. The van der Waals surface area contributed by atoms with E-state index in [1.54, 1.807) is 13.8 Å². The van der Waals surface area contributed by atoms with Crippen LogP contribution in [-0.4, -0.2) is 42.9 Å². The van der Waals surface area contributed by atoms with E-state index in [9.17, 15) is 27.6 Å². The number of urea groups is 1. The van der Waals surface area contributed by atoms with E-state index in [4.69, 9.17) is 16.3 Å². The SMILES string of the molecule is CC(C)OC(=O)c1cc(N2C(=O)NCC(F)(CF)C2=O)c(F)cc1Cl. The van der Waals surface area contributed by atoms with Gasteiger partial charge >= 0.3 is 12.0 Å². The molecule has 0 aliphatic carbocycles. The minimum atomic E-state index is -3.03. The van der Waals surface area contributed by atoms with Gasteiger partial charge in [-0.3, -0.25) is 4.79 Å². The summed E-state index contributed by atoms with van der Waals surface area (Å²) in [5.74, 6) is -3.68. The monoisotopic (exact) mass is 378 g/mol. The lowest BCUT2D eigenvalue weighted by atomic mass is 10.0. The van der Waals surface area contributed by atoms with Gasteiger partial charge in [0.1, 0.15) is 12.5 Å². The summed E-state index contributed by atoms with van der Waals surface area (Å²) in [6.07, 6.45) is -0.512. The fourth-order valence-corrected chi connectivity index (χ4v) is 2.36. The lowest BCUT2D eigenvalue weighted by Crippen LogP contribution is -2.64. The molecule has 0 bridgehead atoms. The van der Waals surface area contributed by atoms with E-state index in [0.717, 1.165) is 6.07 Å².